The second-order valence-corrected chi connectivity index (χ2v) is 6.21. The largest absolute Gasteiger partial charge is 0.419 e. The van der Waals surface area contributed by atoms with Crippen LogP contribution in [-0.4, -0.2) is 28.2 Å². The van der Waals surface area contributed by atoms with Crippen molar-refractivity contribution < 1.29 is 4.42 Å². The van der Waals surface area contributed by atoms with E-state index in [1.54, 1.807) is 0 Å². The molecule has 1 aliphatic heterocycles. The molecule has 0 N–H and O–H groups in total. The first-order valence-corrected chi connectivity index (χ1v) is 7.78. The van der Waals surface area contributed by atoms with Gasteiger partial charge >= 0.3 is 0 Å². The Labute approximate surface area is 126 Å². The van der Waals surface area contributed by atoms with Crippen molar-refractivity contribution in [2.24, 2.45) is 5.92 Å². The SMILES string of the molecule is Cc1ccc(-c2nnc(C(C)N3CCC(C)CC3)o2)cc1. The molecule has 3 rings (SSSR count). The summed E-state index contributed by atoms with van der Waals surface area (Å²) in [7, 11) is 0. The van der Waals surface area contributed by atoms with E-state index in [9.17, 15) is 0 Å². The molecule has 0 spiro atoms. The molecule has 2 heterocycles. The highest BCUT2D eigenvalue weighted by molar-refractivity contribution is 5.52. The zero-order valence-corrected chi connectivity index (χ0v) is 13.0. The summed E-state index contributed by atoms with van der Waals surface area (Å²) in [4.78, 5) is 2.44. The molecule has 112 valence electrons. The predicted octanol–water partition coefficient (Wildman–Crippen LogP) is 3.84. The van der Waals surface area contributed by atoms with E-state index in [4.69, 9.17) is 4.42 Å². The highest BCUT2D eigenvalue weighted by atomic mass is 16.4. The van der Waals surface area contributed by atoms with Gasteiger partial charge < -0.3 is 4.42 Å². The van der Waals surface area contributed by atoms with Crippen molar-refractivity contribution in [1.82, 2.24) is 15.1 Å². The molecule has 2 aromatic rings. The van der Waals surface area contributed by atoms with Gasteiger partial charge in [-0.2, -0.15) is 0 Å². The van der Waals surface area contributed by atoms with Crippen molar-refractivity contribution in [2.45, 2.75) is 39.7 Å². The first-order valence-electron chi connectivity index (χ1n) is 7.78. The van der Waals surface area contributed by atoms with Crippen molar-refractivity contribution >= 4 is 0 Å². The minimum Gasteiger partial charge on any atom is -0.419 e. The monoisotopic (exact) mass is 285 g/mol. The Balaban J connectivity index is 1.73. The maximum Gasteiger partial charge on any atom is 0.247 e. The van der Waals surface area contributed by atoms with Gasteiger partial charge in [-0.25, -0.2) is 0 Å². The van der Waals surface area contributed by atoms with Crippen LogP contribution in [0.4, 0.5) is 0 Å². The zero-order valence-electron chi connectivity index (χ0n) is 13.0. The average molecular weight is 285 g/mol. The quantitative estimate of drug-likeness (QED) is 0.859. The summed E-state index contributed by atoms with van der Waals surface area (Å²) in [6.07, 6.45) is 2.51. The highest BCUT2D eigenvalue weighted by Crippen LogP contribution is 2.27. The second-order valence-electron chi connectivity index (χ2n) is 6.21. The Bertz CT molecular complexity index is 582. The number of rotatable bonds is 3. The van der Waals surface area contributed by atoms with Gasteiger partial charge in [0.05, 0.1) is 6.04 Å². The van der Waals surface area contributed by atoms with E-state index < -0.39 is 0 Å². The number of aromatic nitrogens is 2. The minimum atomic E-state index is 0.198. The van der Waals surface area contributed by atoms with Crippen LogP contribution in [0.25, 0.3) is 11.5 Å². The van der Waals surface area contributed by atoms with E-state index >= 15 is 0 Å². The molecule has 21 heavy (non-hydrogen) atoms. The first kappa shape index (κ1) is 14.3. The Kier molecular flexibility index (Phi) is 4.06. The van der Waals surface area contributed by atoms with Gasteiger partial charge in [-0.1, -0.05) is 24.6 Å². The fourth-order valence-corrected chi connectivity index (χ4v) is 2.79. The van der Waals surface area contributed by atoms with Crippen molar-refractivity contribution in [3.63, 3.8) is 0 Å². The summed E-state index contributed by atoms with van der Waals surface area (Å²) < 4.78 is 5.89. The average Bonchev–Trinajstić information content (AvgIpc) is 2.98. The molecule has 0 amide bonds. The molecule has 4 nitrogen and oxygen atoms in total. The molecule has 1 atom stereocenters. The van der Waals surface area contributed by atoms with Gasteiger partial charge in [0, 0.05) is 5.56 Å². The molecule has 0 aliphatic carbocycles. The normalized spacial score (nSPS) is 18.8. The maximum atomic E-state index is 5.89. The van der Waals surface area contributed by atoms with Crippen LogP contribution < -0.4 is 0 Å². The molecule has 1 unspecified atom stereocenters. The Morgan fingerprint density at radius 3 is 2.48 bits per heavy atom. The number of piperidine rings is 1. The number of aryl methyl sites for hydroxylation is 1. The lowest BCUT2D eigenvalue weighted by Gasteiger charge is -2.33. The van der Waals surface area contributed by atoms with Crippen molar-refractivity contribution in [1.29, 1.82) is 0 Å². The standard InChI is InChI=1S/C17H23N3O/c1-12-4-6-15(7-5-12)17-19-18-16(21-17)14(3)20-10-8-13(2)9-11-20/h4-7,13-14H,8-11H2,1-3H3. The third-order valence-corrected chi connectivity index (χ3v) is 4.46. The molecule has 0 bridgehead atoms. The molecular weight excluding hydrogens is 262 g/mol. The van der Waals surface area contributed by atoms with Crippen molar-refractivity contribution in [2.75, 3.05) is 13.1 Å². The van der Waals surface area contributed by atoms with E-state index in [1.807, 2.05) is 12.1 Å². The lowest BCUT2D eigenvalue weighted by atomic mass is 9.98. The summed E-state index contributed by atoms with van der Waals surface area (Å²) in [5.41, 5.74) is 2.22. The molecule has 0 saturated carbocycles. The van der Waals surface area contributed by atoms with Crippen LogP contribution >= 0.6 is 0 Å². The lowest BCUT2D eigenvalue weighted by Crippen LogP contribution is -2.35. The van der Waals surface area contributed by atoms with Gasteiger partial charge in [0.2, 0.25) is 11.8 Å². The second kappa shape index (κ2) is 5.98. The molecule has 1 aliphatic rings. The highest BCUT2D eigenvalue weighted by Gasteiger charge is 2.25. The van der Waals surface area contributed by atoms with Gasteiger partial charge in [-0.05, 0) is 57.8 Å². The van der Waals surface area contributed by atoms with Crippen LogP contribution in [0.1, 0.15) is 44.2 Å². The number of hydrogen-bond donors (Lipinski definition) is 0. The Morgan fingerprint density at radius 2 is 1.81 bits per heavy atom. The summed E-state index contributed by atoms with van der Waals surface area (Å²) in [6.45, 7) is 8.78. The van der Waals surface area contributed by atoms with E-state index in [-0.39, 0.29) is 6.04 Å². The van der Waals surface area contributed by atoms with E-state index in [0.717, 1.165) is 30.5 Å². The van der Waals surface area contributed by atoms with Gasteiger partial charge in [0.1, 0.15) is 0 Å². The van der Waals surface area contributed by atoms with Crippen LogP contribution in [0.2, 0.25) is 0 Å². The third-order valence-electron chi connectivity index (χ3n) is 4.46. The zero-order chi connectivity index (χ0) is 14.8. The van der Waals surface area contributed by atoms with Crippen LogP contribution in [0, 0.1) is 12.8 Å². The van der Waals surface area contributed by atoms with E-state index in [0.29, 0.717) is 5.89 Å². The fraction of sp³-hybridized carbons (Fsp3) is 0.529. The molecule has 1 fully saturated rings. The van der Waals surface area contributed by atoms with Crippen LogP contribution in [-0.2, 0) is 0 Å². The molecule has 1 aromatic heterocycles. The molecule has 0 radical (unpaired) electrons. The Morgan fingerprint density at radius 1 is 1.14 bits per heavy atom. The molecule has 1 aromatic carbocycles. The smallest absolute Gasteiger partial charge is 0.247 e. The van der Waals surface area contributed by atoms with Gasteiger partial charge in [0.25, 0.3) is 0 Å². The van der Waals surface area contributed by atoms with Gasteiger partial charge in [-0.3, -0.25) is 4.90 Å². The van der Waals surface area contributed by atoms with Gasteiger partial charge in [-0.15, -0.1) is 10.2 Å². The van der Waals surface area contributed by atoms with Crippen molar-refractivity contribution in [3.8, 4) is 11.5 Å². The molecule has 4 heteroatoms. The van der Waals surface area contributed by atoms with Crippen LogP contribution in [0.5, 0.6) is 0 Å². The first-order chi connectivity index (χ1) is 10.1. The lowest BCUT2D eigenvalue weighted by molar-refractivity contribution is 0.130. The predicted molar refractivity (Wildman–Crippen MR) is 82.9 cm³/mol. The maximum absolute atomic E-state index is 5.89. The summed E-state index contributed by atoms with van der Waals surface area (Å²) in [5, 5.41) is 8.45. The topological polar surface area (TPSA) is 42.2 Å². The minimum absolute atomic E-state index is 0.198. The third kappa shape index (κ3) is 3.16. The van der Waals surface area contributed by atoms with E-state index in [1.165, 1.54) is 18.4 Å². The fourth-order valence-electron chi connectivity index (χ4n) is 2.79. The van der Waals surface area contributed by atoms with Gasteiger partial charge in [0.15, 0.2) is 0 Å². The molecule has 1 saturated heterocycles. The number of benzene rings is 1. The van der Waals surface area contributed by atoms with Crippen molar-refractivity contribution in [3.05, 3.63) is 35.7 Å². The van der Waals surface area contributed by atoms with Crippen LogP contribution in [0.3, 0.4) is 0 Å². The number of hydrogen-bond acceptors (Lipinski definition) is 4. The summed E-state index contributed by atoms with van der Waals surface area (Å²) in [5.74, 6) is 2.17. The van der Waals surface area contributed by atoms with Crippen LogP contribution in [0.15, 0.2) is 28.7 Å². The Hall–Kier alpha value is -1.68. The molecular formula is C17H23N3O. The number of likely N-dealkylation sites (tertiary alicyclic amines) is 1. The number of nitrogens with zero attached hydrogens (tertiary/aromatic N) is 3. The summed E-state index contributed by atoms with van der Waals surface area (Å²) >= 11 is 0. The summed E-state index contributed by atoms with van der Waals surface area (Å²) in [6, 6.07) is 8.38. The van der Waals surface area contributed by atoms with E-state index in [2.05, 4.69) is 48.0 Å².